The van der Waals surface area contributed by atoms with Crippen molar-refractivity contribution in [2.45, 2.75) is 82.6 Å². The molecular formula is C43H52F3N3O8S. The van der Waals surface area contributed by atoms with E-state index in [9.17, 15) is 42.9 Å². The molecule has 1 aliphatic rings. The number of halogens is 3. The van der Waals surface area contributed by atoms with Gasteiger partial charge in [0.2, 0.25) is 5.91 Å². The summed E-state index contributed by atoms with van der Waals surface area (Å²) in [5.41, 5.74) is 0.671. The quantitative estimate of drug-likeness (QED) is 0.0445. The molecule has 5 N–H and O–H groups in total. The monoisotopic (exact) mass is 827 g/mol. The first-order chi connectivity index (χ1) is 27.5. The van der Waals surface area contributed by atoms with Gasteiger partial charge in [0, 0.05) is 36.0 Å². The number of pyridine rings is 1. The average Bonchev–Trinajstić information content (AvgIpc) is 3.77. The maximum atomic E-state index is 12.8. The van der Waals surface area contributed by atoms with E-state index in [-0.39, 0.29) is 60.2 Å². The number of hydrogen-bond donors (Lipinski definition) is 5. The van der Waals surface area contributed by atoms with Crippen LogP contribution < -0.4 is 15.6 Å². The number of hydrogen-bond acceptors (Lipinski definition) is 10. The molecule has 0 bridgehead atoms. The molecule has 1 amide bonds. The Morgan fingerprint density at radius 1 is 1.07 bits per heavy atom. The summed E-state index contributed by atoms with van der Waals surface area (Å²) < 4.78 is 48.8. The summed E-state index contributed by atoms with van der Waals surface area (Å²) in [6, 6.07) is 13.1. The molecule has 2 aromatic heterocycles. The normalized spacial score (nSPS) is 19.4. The van der Waals surface area contributed by atoms with E-state index >= 15 is 0 Å². The predicted octanol–water partition coefficient (Wildman–Crippen LogP) is 7.26. The molecule has 11 nitrogen and oxygen atoms in total. The number of aromatic nitrogens is 1. The van der Waals surface area contributed by atoms with Crippen LogP contribution >= 0.6 is 11.3 Å². The molecule has 58 heavy (non-hydrogen) atoms. The lowest BCUT2D eigenvalue weighted by Crippen LogP contribution is -2.31. The molecule has 0 aliphatic heterocycles. The van der Waals surface area contributed by atoms with E-state index in [1.165, 1.54) is 18.2 Å². The summed E-state index contributed by atoms with van der Waals surface area (Å²) in [4.78, 5) is 40.4. The van der Waals surface area contributed by atoms with Crippen molar-refractivity contribution in [1.29, 1.82) is 0 Å². The molecule has 5 rings (SSSR count). The Hall–Kier alpha value is -4.80. The van der Waals surface area contributed by atoms with Gasteiger partial charge >= 0.3 is 12.1 Å². The molecule has 0 saturated heterocycles. The summed E-state index contributed by atoms with van der Waals surface area (Å²) in [5, 5.41) is 39.1. The number of alkyl halides is 3. The van der Waals surface area contributed by atoms with Crippen LogP contribution in [0.3, 0.4) is 0 Å². The van der Waals surface area contributed by atoms with E-state index in [1.807, 2.05) is 60.1 Å². The standard InChI is InChI=1S/C26H35F3O6.C17H17N3O2S/c1-17(2)35-25(33)11-6-4-3-5-10-21-22(24(32)15-23(21)31)13-12-19(30)16-34-20-9-7-8-18(14-20)26(27,28)29;1-20(2)15(12-6-8-23-10-12)17(22)19-13-3-4-14-11(9-13)5-7-18-16(14)21/h3,5,7-9,12-14,17,19,21-24,30-32H,4,6,10-11,15-16H2,1-2H3;3-10,15H,1-2H3,(H,18,21)(H,19,22)/b5-3-,13-12+;/t19-,21-,22-,23+,24-;/m1./s1. The highest BCUT2D eigenvalue weighted by atomic mass is 32.1. The Balaban J connectivity index is 0.000000278. The minimum absolute atomic E-state index is 0.0101. The van der Waals surface area contributed by atoms with Crippen molar-refractivity contribution in [1.82, 2.24) is 9.88 Å². The van der Waals surface area contributed by atoms with Crippen LogP contribution in [0.1, 0.15) is 63.1 Å². The number of fused-ring (bicyclic) bond motifs is 1. The van der Waals surface area contributed by atoms with Crippen LogP contribution in [0.25, 0.3) is 10.8 Å². The third-order valence-corrected chi connectivity index (χ3v) is 10.1. The number of amides is 1. The van der Waals surface area contributed by atoms with Gasteiger partial charge in [0.05, 0.1) is 23.9 Å². The Bertz CT molecular complexity index is 2030. The van der Waals surface area contributed by atoms with Gasteiger partial charge in [-0.1, -0.05) is 30.4 Å². The fourth-order valence-corrected chi connectivity index (χ4v) is 7.29. The number of aliphatic hydroxyl groups is 3. The first kappa shape index (κ1) is 45.9. The van der Waals surface area contributed by atoms with Gasteiger partial charge < -0.3 is 35.1 Å². The molecule has 1 aliphatic carbocycles. The molecule has 15 heteroatoms. The molecule has 2 aromatic carbocycles. The van der Waals surface area contributed by atoms with Crippen molar-refractivity contribution in [3.63, 3.8) is 0 Å². The lowest BCUT2D eigenvalue weighted by Gasteiger charge is -2.22. The van der Waals surface area contributed by atoms with E-state index in [4.69, 9.17) is 9.47 Å². The number of benzene rings is 2. The zero-order chi connectivity index (χ0) is 42.4. The van der Waals surface area contributed by atoms with Gasteiger partial charge in [-0.2, -0.15) is 24.5 Å². The number of likely N-dealkylation sites (N-methyl/N-ethyl adjacent to an activating group) is 1. The van der Waals surface area contributed by atoms with Gasteiger partial charge in [-0.3, -0.25) is 19.3 Å². The Kier molecular flexibility index (Phi) is 17.3. The molecule has 314 valence electrons. The molecule has 1 saturated carbocycles. The number of aromatic amines is 1. The largest absolute Gasteiger partial charge is 0.491 e. The summed E-state index contributed by atoms with van der Waals surface area (Å²) in [7, 11) is 3.75. The highest BCUT2D eigenvalue weighted by molar-refractivity contribution is 7.08. The van der Waals surface area contributed by atoms with Crippen LogP contribution in [0, 0.1) is 11.8 Å². The number of allylic oxidation sites excluding steroid dienone is 2. The van der Waals surface area contributed by atoms with Crippen molar-refractivity contribution in [3.05, 3.63) is 117 Å². The first-order valence-corrected chi connectivity index (χ1v) is 20.0. The number of rotatable bonds is 16. The third kappa shape index (κ3) is 13.9. The minimum Gasteiger partial charge on any atom is -0.491 e. The topological polar surface area (TPSA) is 161 Å². The molecular weight excluding hydrogens is 776 g/mol. The summed E-state index contributed by atoms with van der Waals surface area (Å²) in [6.45, 7) is 3.34. The van der Waals surface area contributed by atoms with Crippen molar-refractivity contribution < 1.29 is 47.6 Å². The minimum atomic E-state index is -4.49. The Labute approximate surface area is 339 Å². The maximum absolute atomic E-state index is 12.8. The van der Waals surface area contributed by atoms with Crippen LogP contribution in [0.15, 0.2) is 101 Å². The number of nitrogens with zero attached hydrogens (tertiary/aromatic N) is 1. The number of thiophene rings is 1. The summed E-state index contributed by atoms with van der Waals surface area (Å²) >= 11 is 1.57. The van der Waals surface area contributed by atoms with Crippen molar-refractivity contribution in [3.8, 4) is 5.75 Å². The number of esters is 1. The van der Waals surface area contributed by atoms with Crippen LogP contribution in [0.2, 0.25) is 0 Å². The van der Waals surface area contributed by atoms with Gasteiger partial charge in [0.25, 0.3) is 5.56 Å². The fraction of sp³-hybridized carbons (Fsp3) is 0.419. The van der Waals surface area contributed by atoms with Crippen LogP contribution in [0.5, 0.6) is 5.75 Å². The van der Waals surface area contributed by atoms with Gasteiger partial charge in [0.1, 0.15) is 24.5 Å². The number of nitrogens with one attached hydrogen (secondary N) is 2. The summed E-state index contributed by atoms with van der Waals surface area (Å²) in [5.74, 6) is -0.982. The SMILES string of the molecule is CC(C)OC(=O)CCC/C=C\C[C@@H]1[C@@H](/C=C/[C@@H](O)COc2cccc(C(F)(F)F)c2)[C@H](O)C[C@@H]1O.CN(C)C(C(=O)Nc1ccc2c(=O)[nH]ccc2c1)c1ccsc1. The highest BCUT2D eigenvalue weighted by Crippen LogP contribution is 2.36. The number of aliphatic hydroxyl groups excluding tert-OH is 3. The molecule has 1 fully saturated rings. The predicted molar refractivity (Wildman–Crippen MR) is 218 cm³/mol. The van der Waals surface area contributed by atoms with E-state index in [1.54, 1.807) is 49.6 Å². The Morgan fingerprint density at radius 2 is 1.84 bits per heavy atom. The number of anilines is 1. The van der Waals surface area contributed by atoms with Gasteiger partial charge in [-0.05, 0) is 123 Å². The molecule has 4 aromatic rings. The number of unbranched alkanes of at least 4 members (excludes halogenated alkanes) is 1. The molecule has 1 unspecified atom stereocenters. The first-order valence-electron chi connectivity index (χ1n) is 19.0. The number of carbonyl (C=O) groups is 2. The second kappa shape index (κ2) is 21.8. The van der Waals surface area contributed by atoms with Crippen LogP contribution in [0.4, 0.5) is 18.9 Å². The number of H-pyrrole nitrogens is 1. The van der Waals surface area contributed by atoms with E-state index in [2.05, 4.69) is 10.3 Å². The maximum Gasteiger partial charge on any atom is 0.416 e. The smallest absolute Gasteiger partial charge is 0.416 e. The van der Waals surface area contributed by atoms with E-state index in [0.29, 0.717) is 36.8 Å². The molecule has 0 radical (unpaired) electrons. The van der Waals surface area contributed by atoms with Gasteiger partial charge in [-0.25, -0.2) is 0 Å². The Morgan fingerprint density at radius 3 is 2.53 bits per heavy atom. The van der Waals surface area contributed by atoms with Gasteiger partial charge in [0.15, 0.2) is 0 Å². The lowest BCUT2D eigenvalue weighted by atomic mass is 9.89. The zero-order valence-corrected chi connectivity index (χ0v) is 33.7. The van der Waals surface area contributed by atoms with E-state index < -0.39 is 30.1 Å². The summed E-state index contributed by atoms with van der Waals surface area (Å²) in [6.07, 6.45) is 3.69. The molecule has 6 atom stereocenters. The van der Waals surface area contributed by atoms with Crippen molar-refractivity contribution in [2.24, 2.45) is 11.8 Å². The number of ether oxygens (including phenoxy) is 2. The van der Waals surface area contributed by atoms with E-state index in [0.717, 1.165) is 23.1 Å². The average molecular weight is 828 g/mol. The third-order valence-electron chi connectivity index (χ3n) is 9.41. The van der Waals surface area contributed by atoms with Gasteiger partial charge in [-0.15, -0.1) is 0 Å². The second-order valence-corrected chi connectivity index (χ2v) is 15.3. The number of carbonyl (C=O) groups excluding carboxylic acids is 2. The lowest BCUT2D eigenvalue weighted by molar-refractivity contribution is -0.147. The van der Waals surface area contributed by atoms with Crippen LogP contribution in [-0.4, -0.2) is 82.2 Å². The molecule has 2 heterocycles. The highest BCUT2D eigenvalue weighted by Gasteiger charge is 2.39. The molecule has 0 spiro atoms. The van der Waals surface area contributed by atoms with Crippen molar-refractivity contribution >= 4 is 39.7 Å². The fourth-order valence-electron chi connectivity index (χ4n) is 6.61. The second-order valence-electron chi connectivity index (χ2n) is 14.6. The zero-order valence-electron chi connectivity index (χ0n) is 32.9. The van der Waals surface area contributed by atoms with Crippen molar-refractivity contribution in [2.75, 3.05) is 26.0 Å². The van der Waals surface area contributed by atoms with Crippen LogP contribution in [-0.2, 0) is 20.5 Å².